The van der Waals surface area contributed by atoms with E-state index >= 15 is 0 Å². The number of carbonyl (C=O) groups is 2. The fraction of sp³-hybridized carbons (Fsp3) is 0.412. The molecule has 0 spiro atoms. The highest BCUT2D eigenvalue weighted by Crippen LogP contribution is 2.22. The Kier molecular flexibility index (Phi) is 5.08. The molecule has 2 aromatic heterocycles. The van der Waals surface area contributed by atoms with Gasteiger partial charge in [-0.25, -0.2) is 0 Å². The van der Waals surface area contributed by atoms with Gasteiger partial charge in [0.15, 0.2) is 0 Å². The number of nitrogens with zero attached hydrogens (tertiary/aromatic N) is 4. The number of nitrogens with one attached hydrogen (secondary N) is 1. The van der Waals surface area contributed by atoms with Crippen molar-refractivity contribution < 1.29 is 14.3 Å². The van der Waals surface area contributed by atoms with E-state index in [1.165, 1.54) is 0 Å². The second kappa shape index (κ2) is 7.43. The van der Waals surface area contributed by atoms with E-state index in [0.717, 1.165) is 11.3 Å². The molecule has 0 radical (unpaired) electrons. The smallest absolute Gasteiger partial charge is 0.255 e. The summed E-state index contributed by atoms with van der Waals surface area (Å²) >= 11 is 0. The van der Waals surface area contributed by atoms with Crippen LogP contribution in [-0.4, -0.2) is 58.3 Å². The first-order valence-corrected chi connectivity index (χ1v) is 8.10. The highest BCUT2D eigenvalue weighted by molar-refractivity contribution is 5.94. The zero-order valence-corrected chi connectivity index (χ0v) is 14.3. The molecule has 1 aliphatic rings. The zero-order chi connectivity index (χ0) is 17.8. The molecule has 1 atom stereocenters. The highest BCUT2D eigenvalue weighted by atomic mass is 16.5. The van der Waals surface area contributed by atoms with E-state index in [1.807, 2.05) is 13.0 Å². The molecule has 3 heterocycles. The van der Waals surface area contributed by atoms with Gasteiger partial charge in [0.2, 0.25) is 5.91 Å². The number of rotatable bonds is 5. The van der Waals surface area contributed by atoms with E-state index in [2.05, 4.69) is 15.4 Å². The maximum Gasteiger partial charge on any atom is 0.255 e. The maximum absolute atomic E-state index is 12.8. The van der Waals surface area contributed by atoms with Crippen LogP contribution in [0.15, 0.2) is 30.7 Å². The number of aryl methyl sites for hydroxylation is 1. The van der Waals surface area contributed by atoms with Gasteiger partial charge < -0.3 is 15.0 Å². The van der Waals surface area contributed by atoms with Gasteiger partial charge in [-0.15, -0.1) is 0 Å². The molecule has 25 heavy (non-hydrogen) atoms. The van der Waals surface area contributed by atoms with Crippen LogP contribution in [-0.2, 0) is 16.1 Å². The molecular formula is C17H21N5O3. The van der Waals surface area contributed by atoms with Crippen LogP contribution in [0.2, 0.25) is 0 Å². The van der Waals surface area contributed by atoms with Crippen LogP contribution >= 0.6 is 0 Å². The Morgan fingerprint density at radius 3 is 3.00 bits per heavy atom. The molecule has 0 saturated heterocycles. The minimum atomic E-state index is -0.558. The van der Waals surface area contributed by atoms with E-state index < -0.39 is 6.04 Å². The second-order valence-corrected chi connectivity index (χ2v) is 6.00. The fourth-order valence-corrected chi connectivity index (χ4v) is 2.89. The predicted molar refractivity (Wildman–Crippen MR) is 89.9 cm³/mol. The van der Waals surface area contributed by atoms with Crippen molar-refractivity contribution in [2.24, 2.45) is 0 Å². The minimum absolute atomic E-state index is 0.140. The van der Waals surface area contributed by atoms with Gasteiger partial charge in [-0.2, -0.15) is 5.10 Å². The normalized spacial score (nSPS) is 16.4. The molecule has 1 N–H and O–H groups in total. The Morgan fingerprint density at radius 2 is 2.24 bits per heavy atom. The van der Waals surface area contributed by atoms with Gasteiger partial charge >= 0.3 is 0 Å². The number of amides is 2. The molecular weight excluding hydrogens is 322 g/mol. The summed E-state index contributed by atoms with van der Waals surface area (Å²) in [6.07, 6.45) is 4.90. The summed E-state index contributed by atoms with van der Waals surface area (Å²) in [5.41, 5.74) is 2.26. The topological polar surface area (TPSA) is 89.3 Å². The van der Waals surface area contributed by atoms with Crippen molar-refractivity contribution in [3.8, 4) is 0 Å². The van der Waals surface area contributed by atoms with Crippen molar-refractivity contribution >= 4 is 11.8 Å². The molecule has 132 valence electrons. The number of pyridine rings is 1. The summed E-state index contributed by atoms with van der Waals surface area (Å²) in [4.78, 5) is 31.1. The van der Waals surface area contributed by atoms with Crippen molar-refractivity contribution in [2.45, 2.75) is 19.5 Å². The van der Waals surface area contributed by atoms with Gasteiger partial charge in [-0.3, -0.25) is 19.3 Å². The number of hydrogen-bond donors (Lipinski definition) is 1. The van der Waals surface area contributed by atoms with Gasteiger partial charge in [0.05, 0.1) is 31.0 Å². The molecule has 0 saturated carbocycles. The Labute approximate surface area is 145 Å². The van der Waals surface area contributed by atoms with Crippen LogP contribution in [0.1, 0.15) is 27.7 Å². The molecule has 3 rings (SSSR count). The molecule has 0 fully saturated rings. The van der Waals surface area contributed by atoms with Gasteiger partial charge in [0, 0.05) is 32.2 Å². The molecule has 8 nitrogen and oxygen atoms in total. The standard InChI is InChI=1S/C17H21N5O3/c1-12-7-13(9-18-8-12)17(24)21-10-14-3-4-20-22(14)15(11-21)16(23)19-5-6-25-2/h3-4,7-9,15H,5-6,10-11H2,1-2H3,(H,19,23). The number of methoxy groups -OCH3 is 1. The first-order chi connectivity index (χ1) is 12.1. The van der Waals surface area contributed by atoms with E-state index in [9.17, 15) is 9.59 Å². The quantitative estimate of drug-likeness (QED) is 0.801. The van der Waals surface area contributed by atoms with Crippen LogP contribution in [0, 0.1) is 6.92 Å². The van der Waals surface area contributed by atoms with Crippen LogP contribution in [0.3, 0.4) is 0 Å². The SMILES string of the molecule is COCCNC(=O)C1CN(C(=O)c2cncc(C)c2)Cc2ccnn21. The van der Waals surface area contributed by atoms with Gasteiger partial charge in [-0.05, 0) is 24.6 Å². The summed E-state index contributed by atoms with van der Waals surface area (Å²) in [6, 6.07) is 3.07. The lowest BCUT2D eigenvalue weighted by atomic mass is 10.1. The summed E-state index contributed by atoms with van der Waals surface area (Å²) in [5.74, 6) is -0.319. The summed E-state index contributed by atoms with van der Waals surface area (Å²) in [6.45, 7) is 3.41. The summed E-state index contributed by atoms with van der Waals surface area (Å²) in [7, 11) is 1.58. The predicted octanol–water partition coefficient (Wildman–Crippen LogP) is 0.546. The number of carbonyl (C=O) groups excluding carboxylic acids is 2. The van der Waals surface area contributed by atoms with Gasteiger partial charge in [0.25, 0.3) is 5.91 Å². The first kappa shape index (κ1) is 17.1. The minimum Gasteiger partial charge on any atom is -0.383 e. The largest absolute Gasteiger partial charge is 0.383 e. The van der Waals surface area contributed by atoms with E-state index in [4.69, 9.17) is 4.74 Å². The molecule has 0 aromatic carbocycles. The van der Waals surface area contributed by atoms with E-state index in [-0.39, 0.29) is 18.4 Å². The number of aromatic nitrogens is 3. The third-order valence-corrected chi connectivity index (χ3v) is 4.11. The van der Waals surface area contributed by atoms with Crippen molar-refractivity contribution in [2.75, 3.05) is 26.8 Å². The number of ether oxygens (including phenoxy) is 1. The first-order valence-electron chi connectivity index (χ1n) is 8.10. The van der Waals surface area contributed by atoms with Crippen LogP contribution in [0.25, 0.3) is 0 Å². The monoisotopic (exact) mass is 343 g/mol. The average molecular weight is 343 g/mol. The molecule has 1 aliphatic heterocycles. The highest BCUT2D eigenvalue weighted by Gasteiger charge is 2.33. The van der Waals surface area contributed by atoms with Crippen LogP contribution in [0.4, 0.5) is 0 Å². The third kappa shape index (κ3) is 3.69. The Morgan fingerprint density at radius 1 is 1.40 bits per heavy atom. The zero-order valence-electron chi connectivity index (χ0n) is 14.3. The molecule has 1 unspecified atom stereocenters. The van der Waals surface area contributed by atoms with Gasteiger partial charge in [0.1, 0.15) is 6.04 Å². The second-order valence-electron chi connectivity index (χ2n) is 6.00. The Balaban J connectivity index is 1.79. The Bertz CT molecular complexity index is 773. The van der Waals surface area contributed by atoms with Crippen molar-refractivity contribution in [1.82, 2.24) is 25.0 Å². The van der Waals surface area contributed by atoms with Crippen molar-refractivity contribution in [3.63, 3.8) is 0 Å². The average Bonchev–Trinajstić information content (AvgIpc) is 3.09. The Hall–Kier alpha value is -2.74. The van der Waals surface area contributed by atoms with Crippen LogP contribution < -0.4 is 5.32 Å². The van der Waals surface area contributed by atoms with E-state index in [1.54, 1.807) is 41.3 Å². The molecule has 0 aliphatic carbocycles. The molecule has 0 bridgehead atoms. The summed E-state index contributed by atoms with van der Waals surface area (Å²) < 4.78 is 6.63. The number of hydrogen-bond acceptors (Lipinski definition) is 5. The molecule has 2 amide bonds. The summed E-state index contributed by atoms with van der Waals surface area (Å²) in [5, 5.41) is 7.06. The van der Waals surface area contributed by atoms with E-state index in [0.29, 0.717) is 25.3 Å². The lowest BCUT2D eigenvalue weighted by Gasteiger charge is -2.33. The number of fused-ring (bicyclic) bond motifs is 1. The van der Waals surface area contributed by atoms with Crippen molar-refractivity contribution in [3.05, 3.63) is 47.5 Å². The molecule has 2 aromatic rings. The maximum atomic E-state index is 12.8. The lowest BCUT2D eigenvalue weighted by molar-refractivity contribution is -0.125. The van der Waals surface area contributed by atoms with Gasteiger partial charge in [-0.1, -0.05) is 0 Å². The van der Waals surface area contributed by atoms with Crippen LogP contribution in [0.5, 0.6) is 0 Å². The van der Waals surface area contributed by atoms with Crippen molar-refractivity contribution in [1.29, 1.82) is 0 Å². The lowest BCUT2D eigenvalue weighted by Crippen LogP contribution is -2.47. The molecule has 8 heteroatoms. The third-order valence-electron chi connectivity index (χ3n) is 4.11. The fourth-order valence-electron chi connectivity index (χ4n) is 2.89.